The van der Waals surface area contributed by atoms with Gasteiger partial charge in [0.1, 0.15) is 21.5 Å². The lowest BCUT2D eigenvalue weighted by atomic mass is 10.1. The summed E-state index contributed by atoms with van der Waals surface area (Å²) in [5.41, 5.74) is 1.85. The lowest BCUT2D eigenvalue weighted by Gasteiger charge is -2.36. The van der Waals surface area contributed by atoms with E-state index in [2.05, 4.69) is 15.9 Å². The normalized spacial score (nSPS) is 18.3. The number of fused-ring (bicyclic) bond motifs is 2. The van der Waals surface area contributed by atoms with E-state index in [1.807, 2.05) is 24.3 Å². The second-order valence-electron chi connectivity index (χ2n) is 9.88. The first-order chi connectivity index (χ1) is 20.0. The molecule has 7 rings (SSSR count). The van der Waals surface area contributed by atoms with Crippen LogP contribution in [-0.2, 0) is 17.9 Å². The zero-order valence-electron chi connectivity index (χ0n) is 21.9. The molecule has 0 radical (unpaired) electrons. The van der Waals surface area contributed by atoms with Gasteiger partial charge in [-0.3, -0.25) is 23.8 Å². The summed E-state index contributed by atoms with van der Waals surface area (Å²) >= 11 is 6.68. The van der Waals surface area contributed by atoms with Crippen molar-refractivity contribution in [3.63, 3.8) is 0 Å². The molecule has 0 atom stereocenters. The van der Waals surface area contributed by atoms with Gasteiger partial charge in [-0.05, 0) is 48.0 Å². The summed E-state index contributed by atoms with van der Waals surface area (Å²) in [4.78, 5) is 38.3. The van der Waals surface area contributed by atoms with Gasteiger partial charge in [0.15, 0.2) is 11.5 Å². The minimum Gasteiger partial charge on any atom is -0.467 e. The molecule has 0 spiro atoms. The summed E-state index contributed by atoms with van der Waals surface area (Å²) in [5.74, 6) is 2.50. The summed E-state index contributed by atoms with van der Waals surface area (Å²) < 4.78 is 18.3. The molecule has 1 aromatic carbocycles. The third kappa shape index (κ3) is 4.98. The Balaban J connectivity index is 1.15. The lowest BCUT2D eigenvalue weighted by Crippen LogP contribution is -2.47. The van der Waals surface area contributed by atoms with Crippen LogP contribution in [0.2, 0.25) is 0 Å². The number of amides is 1. The standard InChI is InChI=1S/C29H25N5O5S2/c35-27-21(15-24-28(36)34(29(40)41-24)17-20-4-3-13-37-20)26(30-25-5-1-2-8-33(25)27)32-11-9-31(10-12-32)16-19-6-7-22-23(14-19)39-18-38-22/h1-8,13-15H,9-12,16-18H2. The van der Waals surface area contributed by atoms with Gasteiger partial charge in [0.05, 0.1) is 23.3 Å². The molecule has 12 heteroatoms. The number of anilines is 1. The van der Waals surface area contributed by atoms with Crippen LogP contribution < -0.4 is 19.9 Å². The number of furan rings is 1. The summed E-state index contributed by atoms with van der Waals surface area (Å²) in [5, 5.41) is 0. The maximum Gasteiger partial charge on any atom is 0.267 e. The van der Waals surface area contributed by atoms with Gasteiger partial charge in [0.2, 0.25) is 6.79 Å². The van der Waals surface area contributed by atoms with Gasteiger partial charge in [-0.2, -0.15) is 0 Å². The molecule has 0 N–H and O–H groups in total. The van der Waals surface area contributed by atoms with Gasteiger partial charge in [-0.15, -0.1) is 0 Å². The van der Waals surface area contributed by atoms with Crippen molar-refractivity contribution < 1.29 is 18.7 Å². The van der Waals surface area contributed by atoms with Crippen molar-refractivity contribution in [2.75, 3.05) is 37.9 Å². The topological polar surface area (TPSA) is 92.8 Å². The fourth-order valence-electron chi connectivity index (χ4n) is 5.20. The zero-order valence-corrected chi connectivity index (χ0v) is 23.5. The lowest BCUT2D eigenvalue weighted by molar-refractivity contribution is -0.122. The van der Waals surface area contributed by atoms with E-state index in [1.165, 1.54) is 21.1 Å². The van der Waals surface area contributed by atoms with Crippen molar-refractivity contribution in [2.24, 2.45) is 0 Å². The number of benzene rings is 1. The smallest absolute Gasteiger partial charge is 0.267 e. The number of carbonyl (C=O) groups excluding carboxylic acids is 1. The monoisotopic (exact) mass is 587 g/mol. The van der Waals surface area contributed by atoms with Crippen LogP contribution in [0.3, 0.4) is 0 Å². The van der Waals surface area contributed by atoms with Gasteiger partial charge in [-0.25, -0.2) is 4.98 Å². The first-order valence-corrected chi connectivity index (χ1v) is 14.4. The molecule has 1 amide bonds. The number of hydrogen-bond acceptors (Lipinski definition) is 10. The molecular weight excluding hydrogens is 562 g/mol. The summed E-state index contributed by atoms with van der Waals surface area (Å²) in [6.45, 7) is 4.21. The van der Waals surface area contributed by atoms with Crippen LogP contribution >= 0.6 is 24.0 Å². The Hall–Kier alpha value is -4.13. The molecule has 41 heavy (non-hydrogen) atoms. The molecule has 0 saturated carbocycles. The molecule has 6 heterocycles. The minimum atomic E-state index is -0.256. The Kier molecular flexibility index (Phi) is 6.73. The molecule has 2 saturated heterocycles. The van der Waals surface area contributed by atoms with E-state index in [9.17, 15) is 9.59 Å². The Bertz CT molecular complexity index is 1740. The Morgan fingerprint density at radius 3 is 2.66 bits per heavy atom. The summed E-state index contributed by atoms with van der Waals surface area (Å²) in [6, 6.07) is 15.1. The van der Waals surface area contributed by atoms with Crippen molar-refractivity contribution in [3.05, 3.63) is 93.1 Å². The van der Waals surface area contributed by atoms with Crippen LogP contribution in [-0.4, -0.2) is 62.4 Å². The molecule has 2 fully saturated rings. The molecule has 0 unspecified atom stereocenters. The van der Waals surface area contributed by atoms with E-state index in [1.54, 1.807) is 36.7 Å². The SMILES string of the molecule is O=C1C(=Cc2c(N3CCN(Cc4ccc5c(c4)OCO5)CC3)nc3ccccn3c2=O)SC(=S)N1Cc1ccco1. The second-order valence-corrected chi connectivity index (χ2v) is 11.6. The highest BCUT2D eigenvalue weighted by Gasteiger charge is 2.34. The molecule has 10 nitrogen and oxygen atoms in total. The quantitative estimate of drug-likeness (QED) is 0.245. The molecule has 3 aliphatic heterocycles. The third-order valence-corrected chi connectivity index (χ3v) is 8.68. The first-order valence-electron chi connectivity index (χ1n) is 13.2. The van der Waals surface area contributed by atoms with Gasteiger partial charge in [-0.1, -0.05) is 36.1 Å². The maximum atomic E-state index is 13.7. The van der Waals surface area contributed by atoms with Crippen LogP contribution in [0, 0.1) is 0 Å². The largest absolute Gasteiger partial charge is 0.467 e. The van der Waals surface area contributed by atoms with Crippen LogP contribution in [0.1, 0.15) is 16.9 Å². The molecule has 208 valence electrons. The number of pyridine rings is 1. The van der Waals surface area contributed by atoms with E-state index in [-0.39, 0.29) is 24.8 Å². The molecule has 4 aromatic rings. The highest BCUT2D eigenvalue weighted by atomic mass is 32.2. The number of hydrogen-bond donors (Lipinski definition) is 0. The van der Waals surface area contributed by atoms with Gasteiger partial charge in [0, 0.05) is 38.9 Å². The molecule has 3 aliphatic rings. The Morgan fingerprint density at radius 1 is 0.976 bits per heavy atom. The predicted octanol–water partition coefficient (Wildman–Crippen LogP) is 3.74. The fourth-order valence-corrected chi connectivity index (χ4v) is 6.44. The number of piperazine rings is 1. The number of thiocarbonyl (C=S) groups is 1. The summed E-state index contributed by atoms with van der Waals surface area (Å²) in [7, 11) is 0. The maximum absolute atomic E-state index is 13.7. The third-order valence-electron chi connectivity index (χ3n) is 7.31. The second kappa shape index (κ2) is 10.7. The van der Waals surface area contributed by atoms with Crippen LogP contribution in [0.5, 0.6) is 11.5 Å². The van der Waals surface area contributed by atoms with E-state index in [0.29, 0.717) is 45.1 Å². The average Bonchev–Trinajstić information content (AvgIpc) is 3.73. The van der Waals surface area contributed by atoms with Crippen LogP contribution in [0.25, 0.3) is 11.7 Å². The first kappa shape index (κ1) is 25.8. The molecular formula is C29H25N5O5S2. The van der Waals surface area contributed by atoms with E-state index in [0.717, 1.165) is 36.7 Å². The highest BCUT2D eigenvalue weighted by Crippen LogP contribution is 2.35. The van der Waals surface area contributed by atoms with E-state index < -0.39 is 0 Å². The number of thioether (sulfide) groups is 1. The van der Waals surface area contributed by atoms with E-state index >= 15 is 0 Å². The van der Waals surface area contributed by atoms with Crippen molar-refractivity contribution in [1.82, 2.24) is 19.2 Å². The van der Waals surface area contributed by atoms with Crippen molar-refractivity contribution in [1.29, 1.82) is 0 Å². The fraction of sp³-hybridized carbons (Fsp3) is 0.241. The van der Waals surface area contributed by atoms with Crippen LogP contribution in [0.4, 0.5) is 5.82 Å². The predicted molar refractivity (Wildman–Crippen MR) is 159 cm³/mol. The molecule has 0 aliphatic carbocycles. The molecule has 3 aromatic heterocycles. The number of nitrogens with zero attached hydrogens (tertiary/aromatic N) is 5. The average molecular weight is 588 g/mol. The molecule has 0 bridgehead atoms. The van der Waals surface area contributed by atoms with Gasteiger partial charge in [0.25, 0.3) is 11.5 Å². The number of rotatable bonds is 6. The van der Waals surface area contributed by atoms with Crippen molar-refractivity contribution in [2.45, 2.75) is 13.1 Å². The number of aromatic nitrogens is 2. The van der Waals surface area contributed by atoms with Gasteiger partial charge >= 0.3 is 0 Å². The Labute approximate surface area is 244 Å². The highest BCUT2D eigenvalue weighted by molar-refractivity contribution is 8.26. The minimum absolute atomic E-state index is 0.232. The van der Waals surface area contributed by atoms with Crippen molar-refractivity contribution in [3.8, 4) is 11.5 Å². The van der Waals surface area contributed by atoms with Gasteiger partial charge < -0.3 is 18.8 Å². The Morgan fingerprint density at radius 2 is 1.83 bits per heavy atom. The summed E-state index contributed by atoms with van der Waals surface area (Å²) in [6.07, 6.45) is 4.90. The van der Waals surface area contributed by atoms with Crippen molar-refractivity contribution >= 4 is 51.7 Å². The van der Waals surface area contributed by atoms with Crippen LogP contribution in [0.15, 0.2) is 75.1 Å². The zero-order chi connectivity index (χ0) is 27.9. The number of carbonyl (C=O) groups is 1. The number of ether oxygens (including phenoxy) is 2. The van der Waals surface area contributed by atoms with E-state index in [4.69, 9.17) is 31.1 Å².